The minimum atomic E-state index is -3.12. The van der Waals surface area contributed by atoms with E-state index < -0.39 is 10.0 Å². The number of hydrogen-bond acceptors (Lipinski definition) is 3. The average molecular weight is 523 g/mol. The van der Waals surface area contributed by atoms with Gasteiger partial charge in [0, 0.05) is 43.8 Å². The Morgan fingerprint density at radius 3 is 2.52 bits per heavy atom. The zero-order valence-corrected chi connectivity index (χ0v) is 19.2. The first-order valence-corrected chi connectivity index (χ1v) is 9.99. The van der Waals surface area contributed by atoms with Crippen molar-refractivity contribution < 1.29 is 8.42 Å². The number of nitrogens with zero attached hydrogens (tertiary/aromatic N) is 2. The van der Waals surface area contributed by atoms with E-state index in [9.17, 15) is 8.42 Å². The van der Waals surface area contributed by atoms with Crippen LogP contribution in [-0.2, 0) is 16.6 Å². The van der Waals surface area contributed by atoms with Gasteiger partial charge in [0.1, 0.15) is 0 Å². The number of rotatable bonds is 8. The summed E-state index contributed by atoms with van der Waals surface area (Å²) >= 11 is 12.0. The van der Waals surface area contributed by atoms with E-state index in [1.165, 1.54) is 4.31 Å². The Bertz CT molecular complexity index is 671. The van der Waals surface area contributed by atoms with E-state index >= 15 is 0 Å². The van der Waals surface area contributed by atoms with Gasteiger partial charge in [-0.15, -0.1) is 24.0 Å². The maximum atomic E-state index is 11.6. The third-order valence-electron chi connectivity index (χ3n) is 3.47. The molecule has 0 fully saturated rings. The summed E-state index contributed by atoms with van der Waals surface area (Å²) in [5.74, 6) is 0.740. The Kier molecular flexibility index (Phi) is 12.0. The molecule has 1 aromatic carbocycles. The van der Waals surface area contributed by atoms with Crippen LogP contribution < -0.4 is 10.6 Å². The fraction of sp³-hybridized carbons (Fsp3) is 0.533. The molecule has 25 heavy (non-hydrogen) atoms. The van der Waals surface area contributed by atoms with Gasteiger partial charge in [-0.3, -0.25) is 4.99 Å². The molecule has 0 aliphatic carbocycles. The predicted molar refractivity (Wildman–Crippen MR) is 117 cm³/mol. The molecule has 0 saturated carbocycles. The molecular formula is C15H25Cl2IN4O2S. The summed E-state index contributed by atoms with van der Waals surface area (Å²) in [5, 5.41) is 7.49. The van der Waals surface area contributed by atoms with Crippen LogP contribution in [0.5, 0.6) is 0 Å². The van der Waals surface area contributed by atoms with E-state index in [1.807, 2.05) is 6.07 Å². The summed E-state index contributed by atoms with van der Waals surface area (Å²) in [5.41, 5.74) is 0.915. The second-order valence-electron chi connectivity index (χ2n) is 5.16. The first kappa shape index (κ1) is 24.7. The SMILES string of the molecule is CCS(=O)(=O)N(C)CCCNC(=NC)NCc1ccc(Cl)cc1Cl.I. The molecule has 0 unspecified atom stereocenters. The second kappa shape index (κ2) is 12.2. The third kappa shape index (κ3) is 8.76. The number of sulfonamides is 1. The van der Waals surface area contributed by atoms with Crippen LogP contribution in [0.4, 0.5) is 0 Å². The van der Waals surface area contributed by atoms with Crippen LogP contribution in [0.1, 0.15) is 18.9 Å². The highest BCUT2D eigenvalue weighted by atomic mass is 127. The Hall–Kier alpha value is -0.290. The quantitative estimate of drug-likeness (QED) is 0.238. The molecule has 2 N–H and O–H groups in total. The second-order valence-corrected chi connectivity index (χ2v) is 8.37. The van der Waals surface area contributed by atoms with Crippen LogP contribution in [0.25, 0.3) is 0 Å². The van der Waals surface area contributed by atoms with Crippen LogP contribution in [0.2, 0.25) is 10.0 Å². The first-order valence-electron chi connectivity index (χ1n) is 7.62. The van der Waals surface area contributed by atoms with Crippen molar-refractivity contribution >= 4 is 63.2 Å². The van der Waals surface area contributed by atoms with Gasteiger partial charge in [0.2, 0.25) is 10.0 Å². The molecule has 0 heterocycles. The van der Waals surface area contributed by atoms with Crippen molar-refractivity contribution in [1.29, 1.82) is 0 Å². The molecule has 0 saturated heterocycles. The van der Waals surface area contributed by atoms with Gasteiger partial charge in [-0.2, -0.15) is 0 Å². The molecule has 0 aromatic heterocycles. The Morgan fingerprint density at radius 1 is 1.28 bits per heavy atom. The van der Waals surface area contributed by atoms with E-state index in [1.54, 1.807) is 33.2 Å². The topological polar surface area (TPSA) is 73.8 Å². The fourth-order valence-electron chi connectivity index (χ4n) is 1.93. The summed E-state index contributed by atoms with van der Waals surface area (Å²) in [7, 11) is 0.140. The van der Waals surface area contributed by atoms with E-state index in [-0.39, 0.29) is 29.7 Å². The van der Waals surface area contributed by atoms with E-state index in [4.69, 9.17) is 23.2 Å². The molecule has 0 bridgehead atoms. The van der Waals surface area contributed by atoms with Gasteiger partial charge in [0.05, 0.1) is 5.75 Å². The van der Waals surface area contributed by atoms with Gasteiger partial charge in [0.15, 0.2) is 5.96 Å². The summed E-state index contributed by atoms with van der Waals surface area (Å²) in [4.78, 5) is 4.13. The molecule has 0 amide bonds. The van der Waals surface area contributed by atoms with Gasteiger partial charge in [-0.25, -0.2) is 12.7 Å². The van der Waals surface area contributed by atoms with Crippen LogP contribution >= 0.6 is 47.2 Å². The molecule has 1 aromatic rings. The van der Waals surface area contributed by atoms with E-state index in [0.29, 0.717) is 42.1 Å². The molecule has 10 heteroatoms. The molecule has 0 atom stereocenters. The molecule has 6 nitrogen and oxygen atoms in total. The maximum absolute atomic E-state index is 11.6. The number of benzene rings is 1. The summed E-state index contributed by atoms with van der Waals surface area (Å²) < 4.78 is 24.7. The highest BCUT2D eigenvalue weighted by Crippen LogP contribution is 2.20. The lowest BCUT2D eigenvalue weighted by molar-refractivity contribution is 0.461. The molecule has 144 valence electrons. The van der Waals surface area contributed by atoms with E-state index in [0.717, 1.165) is 5.56 Å². The molecule has 0 spiro atoms. The molecule has 1 rings (SSSR count). The minimum absolute atomic E-state index is 0. The van der Waals surface area contributed by atoms with Crippen LogP contribution in [-0.4, -0.2) is 51.6 Å². The highest BCUT2D eigenvalue weighted by Gasteiger charge is 2.13. The number of hydrogen-bond donors (Lipinski definition) is 2. The molecule has 0 aliphatic heterocycles. The molecule has 0 aliphatic rings. The smallest absolute Gasteiger partial charge is 0.213 e. The van der Waals surface area contributed by atoms with Gasteiger partial charge >= 0.3 is 0 Å². The zero-order valence-electron chi connectivity index (χ0n) is 14.6. The largest absolute Gasteiger partial charge is 0.356 e. The van der Waals surface area contributed by atoms with Crippen LogP contribution in [0.3, 0.4) is 0 Å². The van der Waals surface area contributed by atoms with Crippen molar-refractivity contribution in [2.24, 2.45) is 4.99 Å². The third-order valence-corrected chi connectivity index (χ3v) is 5.92. The van der Waals surface area contributed by atoms with Crippen molar-refractivity contribution in [3.8, 4) is 0 Å². The van der Waals surface area contributed by atoms with Crippen LogP contribution in [0, 0.1) is 0 Å². The van der Waals surface area contributed by atoms with E-state index in [2.05, 4.69) is 15.6 Å². The Balaban J connectivity index is 0.00000576. The normalized spacial score (nSPS) is 12.0. The number of aliphatic imine (C=N–C) groups is 1. The lowest BCUT2D eigenvalue weighted by Gasteiger charge is -2.17. The van der Waals surface area contributed by atoms with Gasteiger partial charge in [-0.1, -0.05) is 29.3 Å². The van der Waals surface area contributed by atoms with Gasteiger partial charge in [-0.05, 0) is 31.0 Å². The Morgan fingerprint density at radius 2 is 1.96 bits per heavy atom. The maximum Gasteiger partial charge on any atom is 0.213 e. The lowest BCUT2D eigenvalue weighted by Crippen LogP contribution is -2.38. The number of guanidine groups is 1. The fourth-order valence-corrected chi connectivity index (χ4v) is 3.26. The van der Waals surface area contributed by atoms with Crippen LogP contribution in [0.15, 0.2) is 23.2 Å². The summed E-state index contributed by atoms with van der Waals surface area (Å²) in [6.45, 7) is 3.22. The standard InChI is InChI=1S/C15H24Cl2N4O2S.HI/c1-4-24(22,23)21(3)9-5-8-19-15(18-2)20-11-12-6-7-13(16)10-14(12)17;/h6-7,10H,4-5,8-9,11H2,1-3H3,(H2,18,19,20);1H. The summed E-state index contributed by atoms with van der Waals surface area (Å²) in [6.07, 6.45) is 0.679. The van der Waals surface area contributed by atoms with Gasteiger partial charge < -0.3 is 10.6 Å². The van der Waals surface area contributed by atoms with Crippen molar-refractivity contribution in [3.63, 3.8) is 0 Å². The molecule has 0 radical (unpaired) electrons. The van der Waals surface area contributed by atoms with Crippen molar-refractivity contribution in [3.05, 3.63) is 33.8 Å². The first-order chi connectivity index (χ1) is 11.3. The van der Waals surface area contributed by atoms with Crippen molar-refractivity contribution in [2.45, 2.75) is 19.9 Å². The van der Waals surface area contributed by atoms with Crippen molar-refractivity contribution in [1.82, 2.24) is 14.9 Å². The lowest BCUT2D eigenvalue weighted by atomic mass is 10.2. The Labute approximate surface area is 177 Å². The summed E-state index contributed by atoms with van der Waals surface area (Å²) in [6, 6.07) is 5.33. The van der Waals surface area contributed by atoms with Crippen molar-refractivity contribution in [2.75, 3.05) is 32.9 Å². The van der Waals surface area contributed by atoms with Gasteiger partial charge in [0.25, 0.3) is 0 Å². The number of nitrogens with one attached hydrogen (secondary N) is 2. The minimum Gasteiger partial charge on any atom is -0.356 e. The zero-order chi connectivity index (χ0) is 18.2. The highest BCUT2D eigenvalue weighted by molar-refractivity contribution is 14.0. The predicted octanol–water partition coefficient (Wildman–Crippen LogP) is 2.95. The average Bonchev–Trinajstić information content (AvgIpc) is 2.55. The number of halogens is 3. The monoisotopic (exact) mass is 522 g/mol. The molecular weight excluding hydrogens is 498 g/mol.